The predicted molar refractivity (Wildman–Crippen MR) is 94.2 cm³/mol. The summed E-state index contributed by atoms with van der Waals surface area (Å²) in [6.45, 7) is 2.18. The van der Waals surface area contributed by atoms with Gasteiger partial charge in [-0.1, -0.05) is 6.07 Å². The average Bonchev–Trinajstić information content (AvgIpc) is 3.28. The van der Waals surface area contributed by atoms with Crippen molar-refractivity contribution in [3.05, 3.63) is 54.4 Å². The van der Waals surface area contributed by atoms with Crippen molar-refractivity contribution >= 4 is 28.8 Å². The van der Waals surface area contributed by atoms with E-state index in [2.05, 4.69) is 20.1 Å². The van der Waals surface area contributed by atoms with E-state index >= 15 is 0 Å². The molecule has 0 amide bonds. The van der Waals surface area contributed by atoms with E-state index in [-0.39, 0.29) is 11.5 Å². The van der Waals surface area contributed by atoms with Crippen molar-refractivity contribution in [2.45, 2.75) is 12.8 Å². The predicted octanol–water partition coefficient (Wildman–Crippen LogP) is 4.05. The molecule has 0 radical (unpaired) electrons. The highest BCUT2D eigenvalue weighted by Crippen LogP contribution is 2.26. The normalized spacial score (nSPS) is 14.6. The van der Waals surface area contributed by atoms with Gasteiger partial charge in [0.1, 0.15) is 5.65 Å². The zero-order valence-electron chi connectivity index (χ0n) is 13.5. The van der Waals surface area contributed by atoms with Gasteiger partial charge in [-0.2, -0.15) is 0 Å². The number of hydrogen-bond acceptors (Lipinski definition) is 5. The lowest BCUT2D eigenvalue weighted by Crippen LogP contribution is -2.17. The van der Waals surface area contributed by atoms with Crippen LogP contribution in [0.1, 0.15) is 23.3 Å². The van der Waals surface area contributed by atoms with Gasteiger partial charge >= 0.3 is 5.97 Å². The molecule has 1 aromatic carbocycles. The van der Waals surface area contributed by atoms with Gasteiger partial charge in [0.2, 0.25) is 0 Å². The van der Waals surface area contributed by atoms with Gasteiger partial charge in [0.05, 0.1) is 5.69 Å². The number of carboxylic acids is 1. The molecule has 1 aliphatic heterocycles. The van der Waals surface area contributed by atoms with E-state index in [0.717, 1.165) is 13.1 Å². The van der Waals surface area contributed by atoms with Gasteiger partial charge in [0, 0.05) is 25.0 Å². The standard InChI is InChI=1S/C18H17N5O2/c24-18(25)16-17(23-12-2-1-5-15(23)19-16)21-20-13-6-8-14(9-7-13)22-10-3-4-11-22/h1-2,5-9,12H,3-4,10-11H2,(H,24,25). The Morgan fingerprint density at radius 1 is 1.04 bits per heavy atom. The molecule has 0 aliphatic carbocycles. The second kappa shape index (κ2) is 6.35. The van der Waals surface area contributed by atoms with Crippen LogP contribution in [0.25, 0.3) is 5.65 Å². The van der Waals surface area contributed by atoms with E-state index in [0.29, 0.717) is 11.3 Å². The molecule has 3 aromatic rings. The molecule has 1 saturated heterocycles. The maximum atomic E-state index is 11.4. The Morgan fingerprint density at radius 2 is 1.80 bits per heavy atom. The van der Waals surface area contributed by atoms with E-state index in [1.165, 1.54) is 18.5 Å². The summed E-state index contributed by atoms with van der Waals surface area (Å²) in [6, 6.07) is 13.1. The Bertz CT molecular complexity index is 940. The third-order valence-electron chi connectivity index (χ3n) is 4.29. The smallest absolute Gasteiger partial charge is 0.358 e. The van der Waals surface area contributed by atoms with Crippen molar-refractivity contribution in [3.8, 4) is 0 Å². The summed E-state index contributed by atoms with van der Waals surface area (Å²) in [5, 5.41) is 17.7. The largest absolute Gasteiger partial charge is 0.476 e. The molecule has 0 spiro atoms. The lowest BCUT2D eigenvalue weighted by Gasteiger charge is -2.17. The summed E-state index contributed by atoms with van der Waals surface area (Å²) in [5.41, 5.74) is 2.27. The molecule has 0 unspecified atom stereocenters. The highest BCUT2D eigenvalue weighted by molar-refractivity contribution is 5.91. The topological polar surface area (TPSA) is 82.6 Å². The van der Waals surface area contributed by atoms with Crippen LogP contribution in [0, 0.1) is 0 Å². The first-order chi connectivity index (χ1) is 12.2. The number of aromatic carboxylic acids is 1. The first-order valence-corrected chi connectivity index (χ1v) is 8.19. The second-order valence-electron chi connectivity index (χ2n) is 5.93. The number of carbonyl (C=O) groups is 1. The molecule has 126 valence electrons. The molecule has 7 nitrogen and oxygen atoms in total. The Labute approximate surface area is 144 Å². The molecule has 1 N–H and O–H groups in total. The monoisotopic (exact) mass is 335 g/mol. The molecule has 0 saturated carbocycles. The molecular weight excluding hydrogens is 318 g/mol. The molecule has 1 aliphatic rings. The highest BCUT2D eigenvalue weighted by atomic mass is 16.4. The summed E-state index contributed by atoms with van der Waals surface area (Å²) < 4.78 is 1.62. The third kappa shape index (κ3) is 2.96. The zero-order chi connectivity index (χ0) is 17.2. The van der Waals surface area contributed by atoms with Crippen LogP contribution in [0.3, 0.4) is 0 Å². The van der Waals surface area contributed by atoms with Crippen molar-refractivity contribution in [1.29, 1.82) is 0 Å². The van der Waals surface area contributed by atoms with E-state index < -0.39 is 5.97 Å². The van der Waals surface area contributed by atoms with Gasteiger partial charge in [-0.05, 0) is 49.2 Å². The number of carboxylic acid groups (broad SMARTS) is 1. The highest BCUT2D eigenvalue weighted by Gasteiger charge is 2.18. The first kappa shape index (κ1) is 15.3. The minimum Gasteiger partial charge on any atom is -0.476 e. The molecule has 4 rings (SSSR count). The van der Waals surface area contributed by atoms with Crippen molar-refractivity contribution in [2.24, 2.45) is 10.2 Å². The van der Waals surface area contributed by atoms with Crippen LogP contribution in [-0.4, -0.2) is 33.6 Å². The number of fused-ring (bicyclic) bond motifs is 1. The number of rotatable bonds is 4. The van der Waals surface area contributed by atoms with Crippen LogP contribution >= 0.6 is 0 Å². The molecule has 0 atom stereocenters. The van der Waals surface area contributed by atoms with Gasteiger partial charge in [0.15, 0.2) is 11.5 Å². The maximum absolute atomic E-state index is 11.4. The summed E-state index contributed by atoms with van der Waals surface area (Å²) in [6.07, 6.45) is 4.18. The molecule has 0 bridgehead atoms. The van der Waals surface area contributed by atoms with Crippen LogP contribution in [0.5, 0.6) is 0 Å². The molecule has 25 heavy (non-hydrogen) atoms. The molecule has 7 heteroatoms. The van der Waals surface area contributed by atoms with Crippen LogP contribution in [0.15, 0.2) is 58.9 Å². The molecule has 3 heterocycles. The number of hydrogen-bond donors (Lipinski definition) is 1. The number of aromatic nitrogens is 2. The lowest BCUT2D eigenvalue weighted by atomic mass is 10.2. The molecule has 2 aromatic heterocycles. The number of pyridine rings is 1. The van der Waals surface area contributed by atoms with E-state index in [4.69, 9.17) is 0 Å². The summed E-state index contributed by atoms with van der Waals surface area (Å²) >= 11 is 0. The second-order valence-corrected chi connectivity index (χ2v) is 5.93. The minimum atomic E-state index is -1.12. The SMILES string of the molecule is O=C(O)c1nc2ccccn2c1N=Nc1ccc(N2CCCC2)cc1. The van der Waals surface area contributed by atoms with Gasteiger partial charge in [0.25, 0.3) is 0 Å². The number of azo groups is 1. The number of imidazole rings is 1. The Morgan fingerprint density at radius 3 is 2.52 bits per heavy atom. The van der Waals surface area contributed by atoms with E-state index in [1.54, 1.807) is 28.8 Å². The number of nitrogens with zero attached hydrogens (tertiary/aromatic N) is 5. The van der Waals surface area contributed by atoms with Crippen LogP contribution < -0.4 is 4.90 Å². The third-order valence-corrected chi connectivity index (χ3v) is 4.29. The summed E-state index contributed by atoms with van der Waals surface area (Å²) in [4.78, 5) is 17.8. The fourth-order valence-electron chi connectivity index (χ4n) is 3.03. The first-order valence-electron chi connectivity index (χ1n) is 8.19. The lowest BCUT2D eigenvalue weighted by molar-refractivity contribution is 0.0692. The van der Waals surface area contributed by atoms with Gasteiger partial charge in [-0.3, -0.25) is 4.40 Å². The summed E-state index contributed by atoms with van der Waals surface area (Å²) in [5.74, 6) is -0.909. The Balaban J connectivity index is 1.64. The van der Waals surface area contributed by atoms with Gasteiger partial charge < -0.3 is 10.0 Å². The van der Waals surface area contributed by atoms with Crippen molar-refractivity contribution in [3.63, 3.8) is 0 Å². The molecule has 1 fully saturated rings. The minimum absolute atomic E-state index is 0.108. The number of anilines is 1. The molecular formula is C18H17N5O2. The van der Waals surface area contributed by atoms with Crippen molar-refractivity contribution in [1.82, 2.24) is 9.38 Å². The van der Waals surface area contributed by atoms with Crippen molar-refractivity contribution < 1.29 is 9.90 Å². The van der Waals surface area contributed by atoms with Crippen LogP contribution in [-0.2, 0) is 0 Å². The maximum Gasteiger partial charge on any atom is 0.358 e. The van der Waals surface area contributed by atoms with Crippen LogP contribution in [0.2, 0.25) is 0 Å². The van der Waals surface area contributed by atoms with E-state index in [1.807, 2.05) is 24.3 Å². The zero-order valence-corrected chi connectivity index (χ0v) is 13.5. The summed E-state index contributed by atoms with van der Waals surface area (Å²) in [7, 11) is 0. The van der Waals surface area contributed by atoms with E-state index in [9.17, 15) is 9.90 Å². The van der Waals surface area contributed by atoms with Gasteiger partial charge in [-0.15, -0.1) is 10.2 Å². The number of benzene rings is 1. The Kier molecular flexibility index (Phi) is 3.89. The quantitative estimate of drug-likeness (QED) is 0.729. The van der Waals surface area contributed by atoms with Crippen LogP contribution in [0.4, 0.5) is 17.2 Å². The average molecular weight is 335 g/mol. The Hall–Kier alpha value is -3.22. The fourth-order valence-corrected chi connectivity index (χ4v) is 3.03. The fraction of sp³-hybridized carbons (Fsp3) is 0.222. The van der Waals surface area contributed by atoms with Gasteiger partial charge in [-0.25, -0.2) is 9.78 Å². The van der Waals surface area contributed by atoms with Crippen molar-refractivity contribution in [2.75, 3.05) is 18.0 Å².